The number of ether oxygens (including phenoxy) is 1. The van der Waals surface area contributed by atoms with Gasteiger partial charge < -0.3 is 10.5 Å². The molecular formula is C7H8BrF2N3O. The minimum atomic E-state index is -3.09. The number of halogens is 3. The highest BCUT2D eigenvalue weighted by atomic mass is 79.9. The third-order valence-corrected chi connectivity index (χ3v) is 2.16. The highest BCUT2D eigenvalue weighted by Gasteiger charge is 2.31. The first-order chi connectivity index (χ1) is 6.36. The van der Waals surface area contributed by atoms with Crippen molar-refractivity contribution < 1.29 is 13.5 Å². The Bertz CT molecular complexity index is 354. The summed E-state index contributed by atoms with van der Waals surface area (Å²) in [6.07, 6.45) is 0. The summed E-state index contributed by atoms with van der Waals surface area (Å²) in [4.78, 5) is 7.07. The Hall–Kier alpha value is -0.980. The Balaban J connectivity index is 3.37. The van der Waals surface area contributed by atoms with Gasteiger partial charge in [-0.1, -0.05) is 0 Å². The van der Waals surface area contributed by atoms with Crippen molar-refractivity contribution in [2.75, 3.05) is 12.8 Å². The zero-order chi connectivity index (χ0) is 10.9. The number of hydrogen-bond acceptors (Lipinski definition) is 4. The van der Waals surface area contributed by atoms with E-state index in [2.05, 4.69) is 25.9 Å². The van der Waals surface area contributed by atoms with Crippen LogP contribution in [0.1, 0.15) is 12.6 Å². The van der Waals surface area contributed by atoms with E-state index in [4.69, 9.17) is 10.5 Å². The molecule has 0 aliphatic heterocycles. The van der Waals surface area contributed by atoms with Crippen molar-refractivity contribution in [2.24, 2.45) is 0 Å². The molecule has 1 aromatic heterocycles. The van der Waals surface area contributed by atoms with Gasteiger partial charge in [0.2, 0.25) is 11.8 Å². The quantitative estimate of drug-likeness (QED) is 0.890. The molecule has 0 unspecified atom stereocenters. The maximum absolute atomic E-state index is 13.0. The van der Waals surface area contributed by atoms with Gasteiger partial charge in [0, 0.05) is 6.92 Å². The van der Waals surface area contributed by atoms with Crippen LogP contribution in [0.4, 0.5) is 14.7 Å². The van der Waals surface area contributed by atoms with Crippen molar-refractivity contribution in [3.8, 4) is 5.88 Å². The predicted octanol–water partition coefficient (Wildman–Crippen LogP) is 1.94. The van der Waals surface area contributed by atoms with Gasteiger partial charge in [0.05, 0.1) is 7.11 Å². The highest BCUT2D eigenvalue weighted by molar-refractivity contribution is 9.10. The van der Waals surface area contributed by atoms with E-state index >= 15 is 0 Å². The number of aromatic nitrogens is 2. The SMILES string of the molecule is COc1nc(N)nc(C(C)(F)F)c1Br. The third kappa shape index (κ3) is 2.09. The summed E-state index contributed by atoms with van der Waals surface area (Å²) in [7, 11) is 1.31. The molecule has 0 radical (unpaired) electrons. The fourth-order valence-electron chi connectivity index (χ4n) is 0.869. The number of hydrogen-bond donors (Lipinski definition) is 1. The van der Waals surface area contributed by atoms with Crippen LogP contribution in [0.15, 0.2) is 4.47 Å². The second kappa shape index (κ2) is 3.64. The van der Waals surface area contributed by atoms with Crippen LogP contribution in [-0.4, -0.2) is 17.1 Å². The topological polar surface area (TPSA) is 61.0 Å². The highest BCUT2D eigenvalue weighted by Crippen LogP contribution is 2.36. The van der Waals surface area contributed by atoms with Gasteiger partial charge >= 0.3 is 0 Å². The molecule has 1 aromatic rings. The Morgan fingerprint density at radius 2 is 2.00 bits per heavy atom. The number of nitrogen functional groups attached to an aromatic ring is 1. The number of rotatable bonds is 2. The Morgan fingerprint density at radius 3 is 2.43 bits per heavy atom. The average molecular weight is 268 g/mol. The van der Waals surface area contributed by atoms with E-state index in [0.29, 0.717) is 0 Å². The molecule has 1 rings (SSSR count). The molecule has 2 N–H and O–H groups in total. The standard InChI is InChI=1S/C7H8BrF2N3O/c1-7(9,10)4-3(8)5(14-2)13-6(11)12-4/h1-2H3,(H2,11,12,13). The molecule has 0 bridgehead atoms. The van der Waals surface area contributed by atoms with Crippen LogP contribution >= 0.6 is 15.9 Å². The summed E-state index contributed by atoms with van der Waals surface area (Å²) < 4.78 is 30.7. The fourth-order valence-corrected chi connectivity index (χ4v) is 1.56. The van der Waals surface area contributed by atoms with Gasteiger partial charge in [-0.15, -0.1) is 0 Å². The predicted molar refractivity (Wildman–Crippen MR) is 50.3 cm³/mol. The van der Waals surface area contributed by atoms with Gasteiger partial charge in [-0.05, 0) is 15.9 Å². The van der Waals surface area contributed by atoms with Crippen LogP contribution in [0, 0.1) is 0 Å². The normalized spacial score (nSPS) is 11.5. The molecule has 0 amide bonds. The van der Waals surface area contributed by atoms with Crippen molar-refractivity contribution in [2.45, 2.75) is 12.8 Å². The summed E-state index contributed by atoms with van der Waals surface area (Å²) >= 11 is 2.93. The van der Waals surface area contributed by atoms with Gasteiger partial charge in [0.15, 0.2) is 0 Å². The van der Waals surface area contributed by atoms with Crippen LogP contribution in [0.25, 0.3) is 0 Å². The van der Waals surface area contributed by atoms with E-state index in [9.17, 15) is 8.78 Å². The molecule has 0 saturated carbocycles. The minimum Gasteiger partial charge on any atom is -0.480 e. The minimum absolute atomic E-state index is 0.00553. The maximum atomic E-state index is 13.0. The smallest absolute Gasteiger partial charge is 0.288 e. The number of methoxy groups -OCH3 is 1. The molecule has 1 heterocycles. The molecule has 0 aromatic carbocycles. The summed E-state index contributed by atoms with van der Waals surface area (Å²) in [6, 6.07) is 0. The molecule has 0 fully saturated rings. The molecule has 4 nitrogen and oxygen atoms in total. The zero-order valence-electron chi connectivity index (χ0n) is 7.51. The molecule has 14 heavy (non-hydrogen) atoms. The Morgan fingerprint density at radius 1 is 1.43 bits per heavy atom. The van der Waals surface area contributed by atoms with Crippen molar-refractivity contribution in [1.29, 1.82) is 0 Å². The lowest BCUT2D eigenvalue weighted by molar-refractivity contribution is 0.0116. The number of nitrogens with two attached hydrogens (primary N) is 1. The second-order valence-electron chi connectivity index (χ2n) is 2.64. The molecule has 0 spiro atoms. The zero-order valence-corrected chi connectivity index (χ0v) is 9.10. The first-order valence-electron chi connectivity index (χ1n) is 3.61. The van der Waals surface area contributed by atoms with Crippen LogP contribution in [-0.2, 0) is 5.92 Å². The number of alkyl halides is 2. The number of anilines is 1. The van der Waals surface area contributed by atoms with Crippen LogP contribution in [0.5, 0.6) is 5.88 Å². The Kier molecular flexibility index (Phi) is 2.89. The van der Waals surface area contributed by atoms with E-state index in [1.165, 1.54) is 7.11 Å². The molecule has 7 heteroatoms. The fraction of sp³-hybridized carbons (Fsp3) is 0.429. The second-order valence-corrected chi connectivity index (χ2v) is 3.44. The van der Waals surface area contributed by atoms with E-state index < -0.39 is 11.6 Å². The molecule has 0 aliphatic rings. The lowest BCUT2D eigenvalue weighted by atomic mass is 10.2. The summed E-state index contributed by atoms with van der Waals surface area (Å²) in [5.74, 6) is -3.35. The molecule has 0 saturated heterocycles. The number of nitrogens with zero attached hydrogens (tertiary/aromatic N) is 2. The van der Waals surface area contributed by atoms with Crippen molar-refractivity contribution >= 4 is 21.9 Å². The van der Waals surface area contributed by atoms with Crippen molar-refractivity contribution in [1.82, 2.24) is 9.97 Å². The lowest BCUT2D eigenvalue weighted by Crippen LogP contribution is -2.14. The van der Waals surface area contributed by atoms with Crippen molar-refractivity contribution in [3.05, 3.63) is 10.2 Å². The van der Waals surface area contributed by atoms with E-state index in [-0.39, 0.29) is 16.3 Å². The molecule has 0 atom stereocenters. The van der Waals surface area contributed by atoms with E-state index in [1.54, 1.807) is 0 Å². The first-order valence-corrected chi connectivity index (χ1v) is 4.41. The molecule has 78 valence electrons. The van der Waals surface area contributed by atoms with Crippen LogP contribution < -0.4 is 10.5 Å². The monoisotopic (exact) mass is 267 g/mol. The van der Waals surface area contributed by atoms with Gasteiger partial charge in [-0.2, -0.15) is 13.8 Å². The Labute approximate surface area is 87.6 Å². The van der Waals surface area contributed by atoms with E-state index in [0.717, 1.165) is 6.92 Å². The van der Waals surface area contributed by atoms with Crippen LogP contribution in [0.3, 0.4) is 0 Å². The molecule has 0 aliphatic carbocycles. The lowest BCUT2D eigenvalue weighted by Gasteiger charge is -2.13. The van der Waals surface area contributed by atoms with Crippen LogP contribution in [0.2, 0.25) is 0 Å². The third-order valence-electron chi connectivity index (χ3n) is 1.45. The maximum Gasteiger partial charge on any atom is 0.288 e. The van der Waals surface area contributed by atoms with Gasteiger partial charge in [-0.25, -0.2) is 4.98 Å². The van der Waals surface area contributed by atoms with E-state index in [1.807, 2.05) is 0 Å². The molecular weight excluding hydrogens is 260 g/mol. The largest absolute Gasteiger partial charge is 0.480 e. The van der Waals surface area contributed by atoms with Gasteiger partial charge in [0.1, 0.15) is 10.2 Å². The summed E-state index contributed by atoms with van der Waals surface area (Å²) in [5.41, 5.74) is 4.76. The van der Waals surface area contributed by atoms with Crippen molar-refractivity contribution in [3.63, 3.8) is 0 Å². The van der Waals surface area contributed by atoms with Gasteiger partial charge in [-0.3, -0.25) is 0 Å². The summed E-state index contributed by atoms with van der Waals surface area (Å²) in [5, 5.41) is 0. The first kappa shape index (κ1) is 11.1. The summed E-state index contributed by atoms with van der Waals surface area (Å²) in [6.45, 7) is 0.721. The van der Waals surface area contributed by atoms with Gasteiger partial charge in [0.25, 0.3) is 5.92 Å². The average Bonchev–Trinajstić information content (AvgIpc) is 2.06.